The zero-order valence-electron chi connectivity index (χ0n) is 9.30. The van der Waals surface area contributed by atoms with Crippen molar-refractivity contribution in [2.75, 3.05) is 14.2 Å². The summed E-state index contributed by atoms with van der Waals surface area (Å²) >= 11 is 0. The van der Waals surface area contributed by atoms with Crippen molar-refractivity contribution in [2.45, 2.75) is 19.5 Å². The molecule has 0 bridgehead atoms. The third-order valence-corrected chi connectivity index (χ3v) is 2.36. The van der Waals surface area contributed by atoms with E-state index in [-0.39, 0.29) is 12.0 Å². The summed E-state index contributed by atoms with van der Waals surface area (Å²) in [5, 5.41) is 0. The van der Waals surface area contributed by atoms with Gasteiger partial charge in [0.05, 0.1) is 7.11 Å². The van der Waals surface area contributed by atoms with Crippen LogP contribution in [0.15, 0.2) is 24.5 Å². The molecule has 82 valence electrons. The number of hydrogen-bond donors (Lipinski definition) is 0. The van der Waals surface area contributed by atoms with Crippen LogP contribution in [0.2, 0.25) is 0 Å². The maximum absolute atomic E-state index is 11.3. The van der Waals surface area contributed by atoms with Crippen molar-refractivity contribution in [3.8, 4) is 0 Å². The molecule has 0 aliphatic rings. The lowest BCUT2D eigenvalue weighted by atomic mass is 10.2. The Morgan fingerprint density at radius 1 is 1.67 bits per heavy atom. The first-order valence-corrected chi connectivity index (χ1v) is 4.82. The maximum Gasteiger partial charge on any atom is 0.322 e. The van der Waals surface area contributed by atoms with E-state index in [4.69, 9.17) is 0 Å². The van der Waals surface area contributed by atoms with Crippen molar-refractivity contribution < 1.29 is 9.53 Å². The highest BCUT2D eigenvalue weighted by Gasteiger charge is 2.18. The quantitative estimate of drug-likeness (QED) is 0.694. The first-order chi connectivity index (χ1) is 7.15. The molecule has 1 aromatic heterocycles. The van der Waals surface area contributed by atoms with Gasteiger partial charge in [-0.15, -0.1) is 0 Å². The molecule has 0 aliphatic heterocycles. The second-order valence-electron chi connectivity index (χ2n) is 3.48. The average molecular weight is 208 g/mol. The van der Waals surface area contributed by atoms with Crippen LogP contribution >= 0.6 is 0 Å². The minimum Gasteiger partial charge on any atom is -0.468 e. The summed E-state index contributed by atoms with van der Waals surface area (Å²) in [6.45, 7) is 2.51. The van der Waals surface area contributed by atoms with Crippen molar-refractivity contribution in [3.63, 3.8) is 0 Å². The first-order valence-electron chi connectivity index (χ1n) is 4.82. The molecular weight excluding hydrogens is 192 g/mol. The van der Waals surface area contributed by atoms with Gasteiger partial charge in [0.25, 0.3) is 0 Å². The summed E-state index contributed by atoms with van der Waals surface area (Å²) < 4.78 is 4.67. The summed E-state index contributed by atoms with van der Waals surface area (Å²) in [5.41, 5.74) is 1.08. The van der Waals surface area contributed by atoms with Crippen LogP contribution in [0.4, 0.5) is 0 Å². The van der Waals surface area contributed by atoms with Gasteiger partial charge in [0, 0.05) is 18.9 Å². The fourth-order valence-electron chi connectivity index (χ4n) is 1.27. The number of ether oxygens (including phenoxy) is 1. The number of methoxy groups -OCH3 is 1. The predicted octanol–water partition coefficient (Wildman–Crippen LogP) is 1.07. The Morgan fingerprint density at radius 3 is 2.93 bits per heavy atom. The molecule has 4 heteroatoms. The van der Waals surface area contributed by atoms with Gasteiger partial charge in [0.2, 0.25) is 0 Å². The normalized spacial score (nSPS) is 12.5. The van der Waals surface area contributed by atoms with Crippen LogP contribution in [0, 0.1) is 0 Å². The molecule has 0 fully saturated rings. The summed E-state index contributed by atoms with van der Waals surface area (Å²) in [4.78, 5) is 17.2. The molecule has 15 heavy (non-hydrogen) atoms. The number of carbonyl (C=O) groups excluding carboxylic acids is 1. The lowest BCUT2D eigenvalue weighted by molar-refractivity contribution is -0.145. The highest BCUT2D eigenvalue weighted by Crippen LogP contribution is 2.05. The molecule has 0 saturated heterocycles. The van der Waals surface area contributed by atoms with Crippen LogP contribution in [0.3, 0.4) is 0 Å². The van der Waals surface area contributed by atoms with E-state index in [0.717, 1.165) is 5.56 Å². The van der Waals surface area contributed by atoms with Gasteiger partial charge < -0.3 is 4.74 Å². The molecular formula is C11H16N2O2. The Labute approximate surface area is 89.9 Å². The van der Waals surface area contributed by atoms with E-state index < -0.39 is 0 Å². The zero-order valence-corrected chi connectivity index (χ0v) is 9.30. The van der Waals surface area contributed by atoms with Crippen LogP contribution in [0.1, 0.15) is 12.5 Å². The fraction of sp³-hybridized carbons (Fsp3) is 0.455. The minimum absolute atomic E-state index is 0.221. The molecule has 0 spiro atoms. The van der Waals surface area contributed by atoms with Crippen LogP contribution in [0.25, 0.3) is 0 Å². The van der Waals surface area contributed by atoms with Gasteiger partial charge in [-0.25, -0.2) is 0 Å². The number of hydrogen-bond acceptors (Lipinski definition) is 4. The first kappa shape index (κ1) is 11.7. The molecule has 1 atom stereocenters. The number of carbonyl (C=O) groups is 1. The fourth-order valence-corrected chi connectivity index (χ4v) is 1.27. The summed E-state index contributed by atoms with van der Waals surface area (Å²) in [6, 6.07) is 3.62. The topological polar surface area (TPSA) is 42.4 Å². The third kappa shape index (κ3) is 3.32. The Kier molecular flexibility index (Phi) is 4.24. The highest BCUT2D eigenvalue weighted by atomic mass is 16.5. The SMILES string of the molecule is COC(=O)C(C)N(C)Cc1cccnc1. The number of nitrogens with zero attached hydrogens (tertiary/aromatic N) is 2. The van der Waals surface area contributed by atoms with Gasteiger partial charge in [-0.05, 0) is 25.6 Å². The molecule has 0 aliphatic carbocycles. The zero-order chi connectivity index (χ0) is 11.3. The highest BCUT2D eigenvalue weighted by molar-refractivity contribution is 5.75. The third-order valence-electron chi connectivity index (χ3n) is 2.36. The Balaban J connectivity index is 2.56. The van der Waals surface area contributed by atoms with Crippen LogP contribution < -0.4 is 0 Å². The van der Waals surface area contributed by atoms with E-state index in [9.17, 15) is 4.79 Å². The Hall–Kier alpha value is -1.42. The Morgan fingerprint density at radius 2 is 2.40 bits per heavy atom. The predicted molar refractivity (Wildman–Crippen MR) is 57.2 cm³/mol. The lowest BCUT2D eigenvalue weighted by Crippen LogP contribution is -2.36. The number of likely N-dealkylation sites (N-methyl/N-ethyl adjacent to an activating group) is 1. The molecule has 0 aromatic carbocycles. The molecule has 0 radical (unpaired) electrons. The van der Waals surface area contributed by atoms with Gasteiger partial charge in [-0.2, -0.15) is 0 Å². The van der Waals surface area contributed by atoms with Gasteiger partial charge in [0.1, 0.15) is 6.04 Å². The van der Waals surface area contributed by atoms with Crippen LogP contribution in [0.5, 0.6) is 0 Å². The van der Waals surface area contributed by atoms with Gasteiger partial charge in [-0.3, -0.25) is 14.7 Å². The molecule has 1 aromatic rings. The largest absolute Gasteiger partial charge is 0.468 e. The van der Waals surface area contributed by atoms with E-state index in [2.05, 4.69) is 9.72 Å². The van der Waals surface area contributed by atoms with Crippen LogP contribution in [-0.4, -0.2) is 36.1 Å². The van der Waals surface area contributed by atoms with Crippen molar-refractivity contribution in [2.24, 2.45) is 0 Å². The maximum atomic E-state index is 11.3. The van der Waals surface area contributed by atoms with Gasteiger partial charge in [0.15, 0.2) is 0 Å². The summed E-state index contributed by atoms with van der Waals surface area (Å²) in [6.07, 6.45) is 3.52. The Bertz CT molecular complexity index is 314. The van der Waals surface area contributed by atoms with E-state index in [1.165, 1.54) is 7.11 Å². The lowest BCUT2D eigenvalue weighted by Gasteiger charge is -2.22. The van der Waals surface area contributed by atoms with Gasteiger partial charge in [-0.1, -0.05) is 6.07 Å². The van der Waals surface area contributed by atoms with Crippen molar-refractivity contribution in [1.29, 1.82) is 0 Å². The van der Waals surface area contributed by atoms with E-state index >= 15 is 0 Å². The van der Waals surface area contributed by atoms with E-state index in [1.807, 2.05) is 31.0 Å². The number of rotatable bonds is 4. The molecule has 0 N–H and O–H groups in total. The summed E-state index contributed by atoms with van der Waals surface area (Å²) in [5.74, 6) is -0.221. The molecule has 0 saturated carbocycles. The van der Waals surface area contributed by atoms with E-state index in [0.29, 0.717) is 6.54 Å². The smallest absolute Gasteiger partial charge is 0.322 e. The van der Waals surface area contributed by atoms with Gasteiger partial charge >= 0.3 is 5.97 Å². The summed E-state index contributed by atoms with van der Waals surface area (Å²) in [7, 11) is 3.28. The molecule has 4 nitrogen and oxygen atoms in total. The van der Waals surface area contributed by atoms with Crippen LogP contribution in [-0.2, 0) is 16.1 Å². The second kappa shape index (κ2) is 5.46. The van der Waals surface area contributed by atoms with E-state index in [1.54, 1.807) is 12.4 Å². The van der Waals surface area contributed by atoms with Crippen molar-refractivity contribution in [1.82, 2.24) is 9.88 Å². The second-order valence-corrected chi connectivity index (χ2v) is 3.48. The molecule has 1 heterocycles. The molecule has 1 rings (SSSR count). The average Bonchev–Trinajstić information content (AvgIpc) is 2.28. The minimum atomic E-state index is -0.241. The molecule has 1 unspecified atom stereocenters. The monoisotopic (exact) mass is 208 g/mol. The van der Waals surface area contributed by atoms with Crippen molar-refractivity contribution in [3.05, 3.63) is 30.1 Å². The number of aromatic nitrogens is 1. The molecule has 0 amide bonds. The van der Waals surface area contributed by atoms with Crippen molar-refractivity contribution >= 4 is 5.97 Å². The number of esters is 1. The number of pyridine rings is 1. The standard InChI is InChI=1S/C11H16N2O2/c1-9(11(14)15-3)13(2)8-10-5-4-6-12-7-10/h4-7,9H,8H2,1-3H3.